The Morgan fingerprint density at radius 3 is 2.48 bits per heavy atom. The number of nitrogens with zero attached hydrogens (tertiary/aromatic N) is 3. The lowest BCUT2D eigenvalue weighted by atomic mass is 9.90. The average Bonchev–Trinajstić information content (AvgIpc) is 2.92. The largest absolute Gasteiger partial charge is 0.494 e. The van der Waals surface area contributed by atoms with Gasteiger partial charge in [0.1, 0.15) is 11.4 Å². The van der Waals surface area contributed by atoms with Gasteiger partial charge in [-0.1, -0.05) is 43.7 Å². The molecular weight excluding hydrogens is 290 g/mol. The molecule has 0 N–H and O–H groups in total. The first kappa shape index (κ1) is 17.2. The van der Waals surface area contributed by atoms with E-state index in [0.29, 0.717) is 12.3 Å². The topological polar surface area (TPSA) is 57.0 Å². The van der Waals surface area contributed by atoms with E-state index in [1.807, 2.05) is 28.9 Å². The zero-order chi connectivity index (χ0) is 16.9. The molecule has 0 aliphatic heterocycles. The summed E-state index contributed by atoms with van der Waals surface area (Å²) < 4.78 is 7.56. The van der Waals surface area contributed by atoms with Gasteiger partial charge in [-0.3, -0.25) is 4.79 Å². The Labute approximate surface area is 137 Å². The van der Waals surface area contributed by atoms with Gasteiger partial charge in [-0.2, -0.15) is 0 Å². The summed E-state index contributed by atoms with van der Waals surface area (Å²) in [5.41, 5.74) is 2.41. The van der Waals surface area contributed by atoms with Gasteiger partial charge in [0.05, 0.1) is 12.3 Å². The van der Waals surface area contributed by atoms with Gasteiger partial charge in [0.15, 0.2) is 6.29 Å². The smallest absolute Gasteiger partial charge is 0.172 e. The van der Waals surface area contributed by atoms with E-state index in [-0.39, 0.29) is 5.41 Å². The average molecular weight is 315 g/mol. The van der Waals surface area contributed by atoms with Crippen molar-refractivity contribution in [1.82, 2.24) is 15.0 Å². The van der Waals surface area contributed by atoms with E-state index in [2.05, 4.69) is 38.0 Å². The summed E-state index contributed by atoms with van der Waals surface area (Å²) in [6.07, 6.45) is 2.63. The number of aryl methyl sites for hydroxylation is 2. The fourth-order valence-corrected chi connectivity index (χ4v) is 2.52. The van der Waals surface area contributed by atoms with Crippen LogP contribution in [0, 0.1) is 6.92 Å². The third kappa shape index (κ3) is 4.65. The SMILES string of the molecule is Cc1ccc(OCCCCn2nnc(C=O)c2C(C)(C)C)cc1. The molecule has 0 fully saturated rings. The number of hydrogen-bond acceptors (Lipinski definition) is 4. The van der Waals surface area contributed by atoms with Crippen LogP contribution in [-0.2, 0) is 12.0 Å². The van der Waals surface area contributed by atoms with Crippen LogP contribution in [0.4, 0.5) is 0 Å². The van der Waals surface area contributed by atoms with Gasteiger partial charge in [-0.15, -0.1) is 5.10 Å². The van der Waals surface area contributed by atoms with E-state index in [9.17, 15) is 4.79 Å². The van der Waals surface area contributed by atoms with Crippen LogP contribution in [-0.4, -0.2) is 27.9 Å². The minimum atomic E-state index is -0.155. The number of rotatable bonds is 7. The van der Waals surface area contributed by atoms with Crippen LogP contribution in [0.5, 0.6) is 5.75 Å². The zero-order valence-electron chi connectivity index (χ0n) is 14.4. The molecule has 0 spiro atoms. The second-order valence-electron chi connectivity index (χ2n) is 6.78. The molecule has 2 rings (SSSR count). The van der Waals surface area contributed by atoms with Gasteiger partial charge in [-0.05, 0) is 31.9 Å². The van der Waals surface area contributed by atoms with Crippen molar-refractivity contribution in [3.63, 3.8) is 0 Å². The predicted molar refractivity (Wildman–Crippen MR) is 90.0 cm³/mol. The predicted octanol–water partition coefficient (Wildman–Crippen LogP) is 3.56. The highest BCUT2D eigenvalue weighted by Gasteiger charge is 2.24. The van der Waals surface area contributed by atoms with Crippen LogP contribution >= 0.6 is 0 Å². The van der Waals surface area contributed by atoms with Gasteiger partial charge in [0.25, 0.3) is 0 Å². The van der Waals surface area contributed by atoms with Gasteiger partial charge in [0.2, 0.25) is 0 Å². The molecule has 0 radical (unpaired) electrons. The summed E-state index contributed by atoms with van der Waals surface area (Å²) in [5, 5.41) is 8.08. The molecule has 5 heteroatoms. The molecule has 0 unspecified atom stereocenters. The summed E-state index contributed by atoms with van der Waals surface area (Å²) in [6, 6.07) is 8.06. The Balaban J connectivity index is 1.84. The molecule has 1 heterocycles. The summed E-state index contributed by atoms with van der Waals surface area (Å²) in [5.74, 6) is 0.898. The van der Waals surface area contributed by atoms with Crippen molar-refractivity contribution in [2.24, 2.45) is 0 Å². The highest BCUT2D eigenvalue weighted by Crippen LogP contribution is 2.24. The standard InChI is InChI=1S/C18H25N3O2/c1-14-7-9-15(10-8-14)23-12-6-5-11-21-17(18(2,3)4)16(13-22)19-20-21/h7-10,13H,5-6,11-12H2,1-4H3. The van der Waals surface area contributed by atoms with E-state index in [4.69, 9.17) is 4.74 Å². The lowest BCUT2D eigenvalue weighted by Crippen LogP contribution is -2.20. The molecule has 0 atom stereocenters. The number of carbonyl (C=O) groups excluding carboxylic acids is 1. The Hall–Kier alpha value is -2.17. The third-order valence-corrected chi connectivity index (χ3v) is 3.64. The molecule has 0 aliphatic carbocycles. The quantitative estimate of drug-likeness (QED) is 0.579. The van der Waals surface area contributed by atoms with Crippen LogP contribution in [0.3, 0.4) is 0 Å². The fourth-order valence-electron chi connectivity index (χ4n) is 2.52. The molecule has 2 aromatic rings. The van der Waals surface area contributed by atoms with Crippen LogP contribution < -0.4 is 4.74 Å². The van der Waals surface area contributed by atoms with Crippen molar-refractivity contribution < 1.29 is 9.53 Å². The Bertz CT molecular complexity index is 639. The Kier molecular flexibility index (Phi) is 5.53. The normalized spacial score (nSPS) is 11.5. The maximum Gasteiger partial charge on any atom is 0.172 e. The molecule has 1 aromatic carbocycles. The minimum Gasteiger partial charge on any atom is -0.494 e. The van der Waals surface area contributed by atoms with E-state index >= 15 is 0 Å². The lowest BCUT2D eigenvalue weighted by molar-refractivity contribution is 0.111. The van der Waals surface area contributed by atoms with Crippen molar-refractivity contribution >= 4 is 6.29 Å². The van der Waals surface area contributed by atoms with Gasteiger partial charge < -0.3 is 4.74 Å². The first-order valence-corrected chi connectivity index (χ1v) is 8.00. The van der Waals surface area contributed by atoms with Crippen molar-refractivity contribution in [2.75, 3.05) is 6.61 Å². The van der Waals surface area contributed by atoms with Gasteiger partial charge in [0, 0.05) is 12.0 Å². The van der Waals surface area contributed by atoms with Crippen LogP contribution in [0.15, 0.2) is 24.3 Å². The molecule has 0 bridgehead atoms. The number of carbonyl (C=O) groups is 1. The lowest BCUT2D eigenvalue weighted by Gasteiger charge is -2.20. The highest BCUT2D eigenvalue weighted by molar-refractivity contribution is 5.73. The van der Waals surface area contributed by atoms with E-state index in [1.165, 1.54) is 5.56 Å². The van der Waals surface area contributed by atoms with Gasteiger partial charge in [-0.25, -0.2) is 4.68 Å². The first-order valence-electron chi connectivity index (χ1n) is 8.00. The number of hydrogen-bond donors (Lipinski definition) is 0. The molecule has 124 valence electrons. The maximum absolute atomic E-state index is 11.1. The van der Waals surface area contributed by atoms with Crippen LogP contribution in [0.2, 0.25) is 0 Å². The Morgan fingerprint density at radius 2 is 1.87 bits per heavy atom. The van der Waals surface area contributed by atoms with Crippen molar-refractivity contribution in [3.05, 3.63) is 41.2 Å². The number of aromatic nitrogens is 3. The minimum absolute atomic E-state index is 0.155. The van der Waals surface area contributed by atoms with E-state index < -0.39 is 0 Å². The monoisotopic (exact) mass is 315 g/mol. The number of aldehydes is 1. The molecule has 0 amide bonds. The second-order valence-corrected chi connectivity index (χ2v) is 6.78. The van der Waals surface area contributed by atoms with Crippen molar-refractivity contribution in [3.8, 4) is 5.75 Å². The third-order valence-electron chi connectivity index (χ3n) is 3.64. The fraction of sp³-hybridized carbons (Fsp3) is 0.500. The van der Waals surface area contributed by atoms with Crippen LogP contribution in [0.25, 0.3) is 0 Å². The van der Waals surface area contributed by atoms with Gasteiger partial charge >= 0.3 is 0 Å². The molecule has 1 aromatic heterocycles. The molecule has 0 saturated carbocycles. The molecule has 0 aliphatic rings. The van der Waals surface area contributed by atoms with E-state index in [1.54, 1.807) is 0 Å². The molecular formula is C18H25N3O2. The molecule has 0 saturated heterocycles. The van der Waals surface area contributed by atoms with Crippen LogP contribution in [0.1, 0.15) is 55.4 Å². The van der Waals surface area contributed by atoms with Crippen molar-refractivity contribution in [1.29, 1.82) is 0 Å². The maximum atomic E-state index is 11.1. The highest BCUT2D eigenvalue weighted by atomic mass is 16.5. The molecule has 5 nitrogen and oxygen atoms in total. The zero-order valence-corrected chi connectivity index (χ0v) is 14.4. The summed E-state index contributed by atoms with van der Waals surface area (Å²) in [7, 11) is 0. The summed E-state index contributed by atoms with van der Waals surface area (Å²) in [6.45, 7) is 9.66. The second kappa shape index (κ2) is 7.40. The molecule has 23 heavy (non-hydrogen) atoms. The number of benzene rings is 1. The van der Waals surface area contributed by atoms with E-state index in [0.717, 1.165) is 37.1 Å². The number of unbranched alkanes of at least 4 members (excludes halogenated alkanes) is 1. The number of ether oxygens (including phenoxy) is 1. The first-order chi connectivity index (χ1) is 10.9. The Morgan fingerprint density at radius 1 is 1.17 bits per heavy atom. The summed E-state index contributed by atoms with van der Waals surface area (Å²) in [4.78, 5) is 11.1. The van der Waals surface area contributed by atoms with Crippen molar-refractivity contribution in [2.45, 2.75) is 52.5 Å². The summed E-state index contributed by atoms with van der Waals surface area (Å²) >= 11 is 0.